The number of carbonyl (C=O) groups is 2. The first-order valence-corrected chi connectivity index (χ1v) is 4.03. The van der Waals surface area contributed by atoms with Crippen LogP contribution < -0.4 is 4.74 Å². The van der Waals surface area contributed by atoms with Crippen molar-refractivity contribution in [2.24, 2.45) is 0 Å². The fourth-order valence-corrected chi connectivity index (χ4v) is 1.10. The van der Waals surface area contributed by atoms with Gasteiger partial charge in [0.2, 0.25) is 0 Å². The number of hydrogen-bond acceptors (Lipinski definition) is 3. The van der Waals surface area contributed by atoms with Crippen LogP contribution in [0.15, 0.2) is 18.2 Å². The standard InChI is InChI=1S/C10H10O4/c1-6-4-3-5-7(2)8(6)14-10(13)9(11)12/h3-5H,1-2H3,(H,11,12). The lowest BCUT2D eigenvalue weighted by Gasteiger charge is -2.07. The third kappa shape index (κ3) is 2.10. The molecule has 0 aliphatic heterocycles. The quantitative estimate of drug-likeness (QED) is 0.415. The molecule has 1 aromatic rings. The normalized spacial score (nSPS) is 9.57. The Morgan fingerprint density at radius 1 is 1.21 bits per heavy atom. The molecule has 14 heavy (non-hydrogen) atoms. The molecular formula is C10H10O4. The zero-order chi connectivity index (χ0) is 10.7. The van der Waals surface area contributed by atoms with Gasteiger partial charge in [-0.2, -0.15) is 0 Å². The highest BCUT2D eigenvalue weighted by Gasteiger charge is 2.16. The molecule has 1 N–H and O–H groups in total. The zero-order valence-electron chi connectivity index (χ0n) is 7.90. The minimum Gasteiger partial charge on any atom is -0.473 e. The van der Waals surface area contributed by atoms with Crippen LogP contribution in [0.4, 0.5) is 0 Å². The number of carbonyl (C=O) groups excluding carboxylic acids is 1. The molecule has 0 aromatic heterocycles. The number of carboxylic acid groups (broad SMARTS) is 1. The highest BCUT2D eigenvalue weighted by atomic mass is 16.6. The maximum atomic E-state index is 10.8. The van der Waals surface area contributed by atoms with Crippen LogP contribution in [0.25, 0.3) is 0 Å². The van der Waals surface area contributed by atoms with Gasteiger partial charge in [0.15, 0.2) is 0 Å². The summed E-state index contributed by atoms with van der Waals surface area (Å²) in [7, 11) is 0. The lowest BCUT2D eigenvalue weighted by atomic mass is 10.1. The van der Waals surface area contributed by atoms with Crippen molar-refractivity contribution in [3.05, 3.63) is 29.3 Å². The summed E-state index contributed by atoms with van der Waals surface area (Å²) in [6.07, 6.45) is 0. The summed E-state index contributed by atoms with van der Waals surface area (Å²) in [4.78, 5) is 21.0. The smallest absolute Gasteiger partial charge is 0.422 e. The van der Waals surface area contributed by atoms with Crippen LogP contribution in [0.5, 0.6) is 5.75 Å². The van der Waals surface area contributed by atoms with Crippen molar-refractivity contribution in [3.63, 3.8) is 0 Å². The molecule has 0 atom stereocenters. The second-order valence-electron chi connectivity index (χ2n) is 2.92. The Labute approximate surface area is 81.1 Å². The minimum atomic E-state index is -1.59. The molecule has 1 rings (SSSR count). The molecule has 1 aromatic carbocycles. The second-order valence-corrected chi connectivity index (χ2v) is 2.92. The highest BCUT2D eigenvalue weighted by molar-refractivity contribution is 6.29. The van der Waals surface area contributed by atoms with Gasteiger partial charge in [0.25, 0.3) is 0 Å². The summed E-state index contributed by atoms with van der Waals surface area (Å²) in [5.74, 6) is -2.53. The molecule has 4 nitrogen and oxygen atoms in total. The predicted octanol–water partition coefficient (Wildman–Crippen LogP) is 1.29. The van der Waals surface area contributed by atoms with E-state index in [0.29, 0.717) is 5.75 Å². The first-order chi connectivity index (χ1) is 6.52. The van der Waals surface area contributed by atoms with Gasteiger partial charge in [-0.3, -0.25) is 0 Å². The molecule has 0 amide bonds. The van der Waals surface area contributed by atoms with E-state index in [1.54, 1.807) is 26.0 Å². The van der Waals surface area contributed by atoms with E-state index in [9.17, 15) is 9.59 Å². The molecule has 0 saturated carbocycles. The number of ether oxygens (including phenoxy) is 1. The Balaban J connectivity index is 2.97. The highest BCUT2D eigenvalue weighted by Crippen LogP contribution is 2.22. The summed E-state index contributed by atoms with van der Waals surface area (Å²) in [5, 5.41) is 8.35. The van der Waals surface area contributed by atoms with Crippen LogP contribution in [-0.2, 0) is 9.59 Å². The largest absolute Gasteiger partial charge is 0.473 e. The Hall–Kier alpha value is -1.84. The number of aryl methyl sites for hydroxylation is 2. The lowest BCUT2D eigenvalue weighted by molar-refractivity contribution is -0.158. The van der Waals surface area contributed by atoms with Crippen molar-refractivity contribution in [3.8, 4) is 5.75 Å². The molecular weight excluding hydrogens is 184 g/mol. The second kappa shape index (κ2) is 3.91. The topological polar surface area (TPSA) is 63.6 Å². The molecule has 0 heterocycles. The molecule has 4 heteroatoms. The van der Waals surface area contributed by atoms with Crippen molar-refractivity contribution in [2.45, 2.75) is 13.8 Å². The molecule has 0 fully saturated rings. The number of esters is 1. The van der Waals surface area contributed by atoms with Crippen LogP contribution >= 0.6 is 0 Å². The van der Waals surface area contributed by atoms with Crippen molar-refractivity contribution >= 4 is 11.9 Å². The minimum absolute atomic E-state index is 0.319. The first-order valence-electron chi connectivity index (χ1n) is 4.03. The summed E-state index contributed by atoms with van der Waals surface area (Å²) in [5.41, 5.74) is 1.47. The van der Waals surface area contributed by atoms with E-state index >= 15 is 0 Å². The third-order valence-electron chi connectivity index (χ3n) is 1.78. The van der Waals surface area contributed by atoms with Crippen molar-refractivity contribution in [2.75, 3.05) is 0 Å². The average Bonchev–Trinajstić information content (AvgIpc) is 2.11. The van der Waals surface area contributed by atoms with Gasteiger partial charge in [-0.15, -0.1) is 0 Å². The summed E-state index contributed by atoms with van der Waals surface area (Å²) in [6, 6.07) is 5.30. The van der Waals surface area contributed by atoms with Gasteiger partial charge in [-0.1, -0.05) is 18.2 Å². The molecule has 0 spiro atoms. The average molecular weight is 194 g/mol. The SMILES string of the molecule is Cc1cccc(C)c1OC(=O)C(=O)O. The Bertz CT molecular complexity index is 361. The molecule has 0 radical (unpaired) electrons. The molecule has 0 bridgehead atoms. The van der Waals surface area contributed by atoms with Crippen molar-refractivity contribution < 1.29 is 19.4 Å². The van der Waals surface area contributed by atoms with Gasteiger partial charge in [-0.25, -0.2) is 9.59 Å². The van der Waals surface area contributed by atoms with Gasteiger partial charge in [-0.05, 0) is 25.0 Å². The fourth-order valence-electron chi connectivity index (χ4n) is 1.10. The molecule has 74 valence electrons. The van der Waals surface area contributed by atoms with Crippen LogP contribution in [-0.4, -0.2) is 17.0 Å². The first kappa shape index (κ1) is 10.2. The number of aliphatic carboxylic acids is 1. The van der Waals surface area contributed by atoms with E-state index in [-0.39, 0.29) is 0 Å². The summed E-state index contributed by atoms with van der Waals surface area (Å²) >= 11 is 0. The fraction of sp³-hybridized carbons (Fsp3) is 0.200. The van der Waals surface area contributed by atoms with Crippen LogP contribution in [0, 0.1) is 13.8 Å². The molecule has 0 aliphatic carbocycles. The lowest BCUT2D eigenvalue weighted by Crippen LogP contribution is -2.20. The van der Waals surface area contributed by atoms with Crippen molar-refractivity contribution in [1.29, 1.82) is 0 Å². The Kier molecular flexibility index (Phi) is 2.86. The number of para-hydroxylation sites is 1. The zero-order valence-corrected chi connectivity index (χ0v) is 7.90. The molecule has 0 saturated heterocycles. The van der Waals surface area contributed by atoms with Crippen molar-refractivity contribution in [1.82, 2.24) is 0 Å². The Morgan fingerprint density at radius 2 is 1.71 bits per heavy atom. The van der Waals surface area contributed by atoms with E-state index in [0.717, 1.165) is 11.1 Å². The monoisotopic (exact) mass is 194 g/mol. The maximum Gasteiger partial charge on any atom is 0.422 e. The predicted molar refractivity (Wildman–Crippen MR) is 49.2 cm³/mol. The van der Waals surface area contributed by atoms with E-state index < -0.39 is 11.9 Å². The van der Waals surface area contributed by atoms with Gasteiger partial charge >= 0.3 is 11.9 Å². The van der Waals surface area contributed by atoms with E-state index in [2.05, 4.69) is 0 Å². The number of rotatable bonds is 1. The summed E-state index contributed by atoms with van der Waals surface area (Å²) < 4.78 is 4.70. The van der Waals surface area contributed by atoms with Crippen LogP contribution in [0.1, 0.15) is 11.1 Å². The van der Waals surface area contributed by atoms with E-state index in [1.807, 2.05) is 6.07 Å². The molecule has 0 aliphatic rings. The van der Waals surface area contributed by atoms with Gasteiger partial charge in [0.05, 0.1) is 0 Å². The summed E-state index contributed by atoms with van der Waals surface area (Å²) in [6.45, 7) is 3.49. The molecule has 0 unspecified atom stereocenters. The third-order valence-corrected chi connectivity index (χ3v) is 1.78. The van der Waals surface area contributed by atoms with E-state index in [1.165, 1.54) is 0 Å². The van der Waals surface area contributed by atoms with Gasteiger partial charge in [0.1, 0.15) is 5.75 Å². The van der Waals surface area contributed by atoms with Crippen LogP contribution in [0.3, 0.4) is 0 Å². The number of benzene rings is 1. The van der Waals surface area contributed by atoms with E-state index in [4.69, 9.17) is 9.84 Å². The van der Waals surface area contributed by atoms with Gasteiger partial charge < -0.3 is 9.84 Å². The Morgan fingerprint density at radius 3 is 2.14 bits per heavy atom. The maximum absolute atomic E-state index is 10.8. The van der Waals surface area contributed by atoms with Gasteiger partial charge in [0, 0.05) is 0 Å². The van der Waals surface area contributed by atoms with Crippen LogP contribution in [0.2, 0.25) is 0 Å². The number of carboxylic acids is 1. The number of hydrogen-bond donors (Lipinski definition) is 1.